The number of carbonyl (C=O) groups is 1. The lowest BCUT2D eigenvalue weighted by atomic mass is 10.1. The van der Waals surface area contributed by atoms with Gasteiger partial charge in [0.25, 0.3) is 5.91 Å². The van der Waals surface area contributed by atoms with E-state index in [1.54, 1.807) is 6.20 Å². The van der Waals surface area contributed by atoms with Crippen LogP contribution in [0.4, 0.5) is 5.82 Å². The van der Waals surface area contributed by atoms with Crippen LogP contribution in [0.3, 0.4) is 0 Å². The molecule has 4 nitrogen and oxygen atoms in total. The van der Waals surface area contributed by atoms with Gasteiger partial charge in [-0.15, -0.1) is 0 Å². The fourth-order valence-electron chi connectivity index (χ4n) is 2.24. The van der Waals surface area contributed by atoms with Gasteiger partial charge in [-0.2, -0.15) is 0 Å². The van der Waals surface area contributed by atoms with Crippen LogP contribution in [0.5, 0.6) is 0 Å². The third-order valence-corrected chi connectivity index (χ3v) is 3.31. The largest absolute Gasteiger partial charge is 0.373 e. The van der Waals surface area contributed by atoms with Gasteiger partial charge >= 0.3 is 0 Å². The lowest BCUT2D eigenvalue weighted by Crippen LogP contribution is -2.30. The highest BCUT2D eigenvalue weighted by Crippen LogP contribution is 2.24. The maximum atomic E-state index is 12.5. The van der Waals surface area contributed by atoms with E-state index in [1.807, 2.05) is 50.1 Å². The number of aromatic nitrogens is 1. The molecule has 1 N–H and O–H groups in total. The molecule has 19 heavy (non-hydrogen) atoms. The van der Waals surface area contributed by atoms with Gasteiger partial charge in [-0.25, -0.2) is 4.98 Å². The van der Waals surface area contributed by atoms with Crippen molar-refractivity contribution < 1.29 is 4.79 Å². The molecule has 0 atom stereocenters. The van der Waals surface area contributed by atoms with Gasteiger partial charge in [0.05, 0.1) is 5.56 Å². The smallest absolute Gasteiger partial charge is 0.256 e. The highest BCUT2D eigenvalue weighted by atomic mass is 16.2. The maximum absolute atomic E-state index is 12.5. The molecule has 0 aliphatic rings. The van der Waals surface area contributed by atoms with Gasteiger partial charge in [0.1, 0.15) is 5.82 Å². The number of nitrogens with zero attached hydrogens (tertiary/aromatic N) is 2. The molecule has 0 radical (unpaired) electrons. The molecule has 1 aromatic carbocycles. The molecule has 0 fully saturated rings. The first-order chi connectivity index (χ1) is 9.22. The average Bonchev–Trinajstić information content (AvgIpc) is 2.47. The van der Waals surface area contributed by atoms with Crippen LogP contribution in [0.15, 0.2) is 30.5 Å². The summed E-state index contributed by atoms with van der Waals surface area (Å²) in [6.45, 7) is 5.38. The van der Waals surface area contributed by atoms with E-state index in [0.717, 1.165) is 16.6 Å². The lowest BCUT2D eigenvalue weighted by molar-refractivity contribution is 0.0774. The number of carbonyl (C=O) groups excluding carboxylic acids is 1. The molecule has 1 heterocycles. The Morgan fingerprint density at radius 2 is 1.84 bits per heavy atom. The van der Waals surface area contributed by atoms with Crippen molar-refractivity contribution in [1.82, 2.24) is 9.88 Å². The highest BCUT2D eigenvalue weighted by Gasteiger charge is 2.17. The van der Waals surface area contributed by atoms with Crippen LogP contribution in [0, 0.1) is 0 Å². The minimum Gasteiger partial charge on any atom is -0.373 e. The second-order valence-electron chi connectivity index (χ2n) is 4.29. The molecule has 0 saturated carbocycles. The quantitative estimate of drug-likeness (QED) is 0.916. The number of fused-ring (bicyclic) bond motifs is 1. The van der Waals surface area contributed by atoms with E-state index >= 15 is 0 Å². The van der Waals surface area contributed by atoms with Gasteiger partial charge < -0.3 is 10.2 Å². The number of nitrogens with one attached hydrogen (secondary N) is 1. The van der Waals surface area contributed by atoms with Crippen molar-refractivity contribution in [2.45, 2.75) is 13.8 Å². The maximum Gasteiger partial charge on any atom is 0.256 e. The molecular weight excluding hydrogens is 238 g/mol. The molecule has 0 saturated heterocycles. The normalized spacial score (nSPS) is 10.5. The van der Waals surface area contributed by atoms with Crippen LogP contribution >= 0.6 is 0 Å². The monoisotopic (exact) mass is 257 g/mol. The summed E-state index contributed by atoms with van der Waals surface area (Å²) in [7, 11) is 1.83. The summed E-state index contributed by atoms with van der Waals surface area (Å²) in [5.41, 5.74) is 0.665. The Kier molecular flexibility index (Phi) is 4.00. The second-order valence-corrected chi connectivity index (χ2v) is 4.29. The predicted molar refractivity (Wildman–Crippen MR) is 78.5 cm³/mol. The third kappa shape index (κ3) is 2.38. The second kappa shape index (κ2) is 5.69. The van der Waals surface area contributed by atoms with Crippen molar-refractivity contribution in [2.75, 3.05) is 25.5 Å². The molecule has 2 aromatic rings. The molecule has 0 aliphatic heterocycles. The predicted octanol–water partition coefficient (Wildman–Crippen LogP) is 2.76. The van der Waals surface area contributed by atoms with Gasteiger partial charge in [0, 0.05) is 31.7 Å². The van der Waals surface area contributed by atoms with Crippen molar-refractivity contribution in [2.24, 2.45) is 0 Å². The SMILES string of the molecule is CCN(CC)C(=O)c1cnc(NC)c2ccccc12. The fraction of sp³-hybridized carbons (Fsp3) is 0.333. The van der Waals surface area contributed by atoms with Crippen LogP contribution in [-0.4, -0.2) is 35.9 Å². The Hall–Kier alpha value is -2.10. The van der Waals surface area contributed by atoms with Crippen molar-refractivity contribution in [1.29, 1.82) is 0 Å². The summed E-state index contributed by atoms with van der Waals surface area (Å²) in [6.07, 6.45) is 1.66. The zero-order valence-electron chi connectivity index (χ0n) is 11.6. The zero-order chi connectivity index (χ0) is 13.8. The average molecular weight is 257 g/mol. The van der Waals surface area contributed by atoms with E-state index in [1.165, 1.54) is 0 Å². The molecule has 1 aromatic heterocycles. The summed E-state index contributed by atoms with van der Waals surface area (Å²) >= 11 is 0. The van der Waals surface area contributed by atoms with E-state index in [4.69, 9.17) is 0 Å². The van der Waals surface area contributed by atoms with E-state index in [9.17, 15) is 4.79 Å². The highest BCUT2D eigenvalue weighted by molar-refractivity contribution is 6.09. The number of anilines is 1. The van der Waals surface area contributed by atoms with Crippen molar-refractivity contribution in [3.63, 3.8) is 0 Å². The number of amides is 1. The molecule has 0 unspecified atom stereocenters. The van der Waals surface area contributed by atoms with E-state index in [2.05, 4.69) is 10.3 Å². The van der Waals surface area contributed by atoms with E-state index in [0.29, 0.717) is 18.7 Å². The number of pyridine rings is 1. The summed E-state index contributed by atoms with van der Waals surface area (Å²) in [6, 6.07) is 7.85. The molecule has 0 bridgehead atoms. The number of hydrogen-bond acceptors (Lipinski definition) is 3. The fourth-order valence-corrected chi connectivity index (χ4v) is 2.24. The van der Waals surface area contributed by atoms with Crippen LogP contribution in [0.2, 0.25) is 0 Å². The molecule has 1 amide bonds. The number of hydrogen-bond donors (Lipinski definition) is 1. The van der Waals surface area contributed by atoms with E-state index in [-0.39, 0.29) is 5.91 Å². The zero-order valence-corrected chi connectivity index (χ0v) is 11.6. The molecule has 100 valence electrons. The van der Waals surface area contributed by atoms with Gasteiger partial charge in [-0.3, -0.25) is 4.79 Å². The summed E-state index contributed by atoms with van der Waals surface area (Å²) < 4.78 is 0. The number of benzene rings is 1. The summed E-state index contributed by atoms with van der Waals surface area (Å²) in [4.78, 5) is 18.6. The van der Waals surface area contributed by atoms with Crippen molar-refractivity contribution in [3.8, 4) is 0 Å². The van der Waals surface area contributed by atoms with Crippen LogP contribution in [0.25, 0.3) is 10.8 Å². The van der Waals surface area contributed by atoms with Gasteiger partial charge in [-0.05, 0) is 19.2 Å². The molecule has 0 aliphatic carbocycles. The van der Waals surface area contributed by atoms with Gasteiger partial charge in [0.2, 0.25) is 0 Å². The first kappa shape index (κ1) is 13.3. The van der Waals surface area contributed by atoms with Gasteiger partial charge in [0.15, 0.2) is 0 Å². The van der Waals surface area contributed by atoms with E-state index < -0.39 is 0 Å². The topological polar surface area (TPSA) is 45.2 Å². The molecule has 2 rings (SSSR count). The van der Waals surface area contributed by atoms with Crippen LogP contribution in [-0.2, 0) is 0 Å². The molecule has 4 heteroatoms. The third-order valence-electron chi connectivity index (χ3n) is 3.31. The van der Waals surface area contributed by atoms with Crippen LogP contribution in [0.1, 0.15) is 24.2 Å². The van der Waals surface area contributed by atoms with Crippen LogP contribution < -0.4 is 5.32 Å². The first-order valence-electron chi connectivity index (χ1n) is 6.57. The minimum atomic E-state index is 0.0383. The Morgan fingerprint density at radius 1 is 1.21 bits per heavy atom. The standard InChI is InChI=1S/C15H19N3O/c1-4-18(5-2)15(19)13-10-17-14(16-3)12-9-7-6-8-11(12)13/h6-10H,4-5H2,1-3H3,(H,16,17). The van der Waals surface area contributed by atoms with Crippen molar-refractivity contribution in [3.05, 3.63) is 36.0 Å². The van der Waals surface area contributed by atoms with Crippen molar-refractivity contribution >= 4 is 22.5 Å². The first-order valence-corrected chi connectivity index (χ1v) is 6.57. The molecule has 0 spiro atoms. The van der Waals surface area contributed by atoms with Gasteiger partial charge in [-0.1, -0.05) is 24.3 Å². The Bertz CT molecular complexity index is 591. The Morgan fingerprint density at radius 3 is 2.42 bits per heavy atom. The lowest BCUT2D eigenvalue weighted by Gasteiger charge is -2.19. The Balaban J connectivity index is 2.59. The molecular formula is C15H19N3O. The minimum absolute atomic E-state index is 0.0383. The summed E-state index contributed by atoms with van der Waals surface area (Å²) in [5.74, 6) is 0.836. The summed E-state index contributed by atoms with van der Waals surface area (Å²) in [5, 5.41) is 4.98. The number of rotatable bonds is 4. The Labute approximate surface area is 113 Å².